The molecule has 0 spiro atoms. The van der Waals surface area contributed by atoms with Gasteiger partial charge in [-0.1, -0.05) is 20.8 Å². The normalized spacial score (nSPS) is 14.4. The summed E-state index contributed by atoms with van der Waals surface area (Å²) in [6, 6.07) is 0.478. The van der Waals surface area contributed by atoms with Gasteiger partial charge in [-0.15, -0.1) is 11.3 Å². The van der Waals surface area contributed by atoms with Gasteiger partial charge < -0.3 is 5.32 Å². The molecule has 3 nitrogen and oxygen atoms in total. The third-order valence-corrected chi connectivity index (χ3v) is 4.19. The predicted octanol–water partition coefficient (Wildman–Crippen LogP) is 3.23. The molecule has 0 aliphatic rings. The molecule has 1 unspecified atom stereocenters. The van der Waals surface area contributed by atoms with E-state index in [1.165, 1.54) is 5.69 Å². The lowest BCUT2D eigenvalue weighted by atomic mass is 9.88. The van der Waals surface area contributed by atoms with Gasteiger partial charge in [0.15, 0.2) is 4.96 Å². The number of thiazole rings is 1. The average molecular weight is 251 g/mol. The molecule has 4 heteroatoms. The van der Waals surface area contributed by atoms with Gasteiger partial charge >= 0.3 is 0 Å². The van der Waals surface area contributed by atoms with E-state index in [9.17, 15) is 0 Å². The molecule has 0 bridgehead atoms. The highest BCUT2D eigenvalue weighted by molar-refractivity contribution is 7.15. The van der Waals surface area contributed by atoms with E-state index in [0.29, 0.717) is 6.04 Å². The molecule has 0 aliphatic heterocycles. The topological polar surface area (TPSA) is 29.3 Å². The second kappa shape index (κ2) is 4.42. The first-order valence-electron chi connectivity index (χ1n) is 6.04. The number of rotatable bonds is 3. The summed E-state index contributed by atoms with van der Waals surface area (Å²) >= 11 is 1.69. The van der Waals surface area contributed by atoms with Gasteiger partial charge in [-0.25, -0.2) is 4.98 Å². The number of hydrogen-bond acceptors (Lipinski definition) is 3. The van der Waals surface area contributed by atoms with Gasteiger partial charge in [-0.05, 0) is 19.3 Å². The van der Waals surface area contributed by atoms with Crippen molar-refractivity contribution in [2.75, 3.05) is 0 Å². The highest BCUT2D eigenvalue weighted by Gasteiger charge is 2.20. The Kier molecular flexibility index (Phi) is 3.27. The summed E-state index contributed by atoms with van der Waals surface area (Å²) in [5, 5.41) is 5.67. The van der Waals surface area contributed by atoms with Gasteiger partial charge in [0.25, 0.3) is 0 Å². The summed E-state index contributed by atoms with van der Waals surface area (Å²) in [5.41, 5.74) is 2.69. The van der Waals surface area contributed by atoms with Crippen LogP contribution < -0.4 is 5.32 Å². The van der Waals surface area contributed by atoms with Crippen molar-refractivity contribution in [2.24, 2.45) is 5.41 Å². The van der Waals surface area contributed by atoms with Crippen molar-refractivity contribution in [1.29, 1.82) is 0 Å². The first-order valence-corrected chi connectivity index (χ1v) is 6.92. The van der Waals surface area contributed by atoms with Crippen LogP contribution in [0.4, 0.5) is 0 Å². The maximum atomic E-state index is 4.55. The van der Waals surface area contributed by atoms with Crippen LogP contribution in [0.25, 0.3) is 4.96 Å². The van der Waals surface area contributed by atoms with E-state index >= 15 is 0 Å². The molecule has 1 N–H and O–H groups in total. The summed E-state index contributed by atoms with van der Waals surface area (Å²) < 4.78 is 2.18. The van der Waals surface area contributed by atoms with E-state index < -0.39 is 0 Å². The lowest BCUT2D eigenvalue weighted by Crippen LogP contribution is -2.37. The van der Waals surface area contributed by atoms with Crippen LogP contribution in [-0.2, 0) is 6.54 Å². The summed E-state index contributed by atoms with van der Waals surface area (Å²) in [6.07, 6.45) is 2.10. The van der Waals surface area contributed by atoms with Crippen LogP contribution in [0.15, 0.2) is 11.6 Å². The van der Waals surface area contributed by atoms with Crippen LogP contribution in [0.2, 0.25) is 0 Å². The Labute approximate surface area is 107 Å². The summed E-state index contributed by atoms with van der Waals surface area (Å²) in [6.45, 7) is 12.0. The van der Waals surface area contributed by atoms with Crippen molar-refractivity contribution in [2.45, 2.75) is 47.2 Å². The molecule has 2 aromatic rings. The lowest BCUT2D eigenvalue weighted by molar-refractivity contribution is 0.284. The van der Waals surface area contributed by atoms with E-state index in [0.717, 1.165) is 17.2 Å². The Morgan fingerprint density at radius 3 is 2.82 bits per heavy atom. The first kappa shape index (κ1) is 12.6. The Morgan fingerprint density at radius 1 is 1.47 bits per heavy atom. The molecule has 0 radical (unpaired) electrons. The summed E-state index contributed by atoms with van der Waals surface area (Å²) in [7, 11) is 0. The second-order valence-electron chi connectivity index (χ2n) is 5.67. The highest BCUT2D eigenvalue weighted by Crippen LogP contribution is 2.20. The number of hydrogen-bond donors (Lipinski definition) is 1. The quantitative estimate of drug-likeness (QED) is 0.907. The predicted molar refractivity (Wildman–Crippen MR) is 73.6 cm³/mol. The number of aromatic nitrogens is 2. The zero-order valence-electron chi connectivity index (χ0n) is 11.2. The molecule has 0 amide bonds. The van der Waals surface area contributed by atoms with Crippen molar-refractivity contribution in [3.8, 4) is 0 Å². The van der Waals surface area contributed by atoms with Gasteiger partial charge in [0.05, 0.1) is 11.4 Å². The Hall–Kier alpha value is -0.870. The zero-order chi connectivity index (χ0) is 12.6. The average Bonchev–Trinajstić information content (AvgIpc) is 2.74. The van der Waals surface area contributed by atoms with Crippen molar-refractivity contribution in [3.05, 3.63) is 23.0 Å². The van der Waals surface area contributed by atoms with E-state index in [1.807, 2.05) is 0 Å². The third-order valence-electron chi connectivity index (χ3n) is 3.44. The fourth-order valence-corrected chi connectivity index (χ4v) is 2.49. The Morgan fingerprint density at radius 2 is 2.18 bits per heavy atom. The first-order chi connectivity index (χ1) is 7.89. The molecule has 0 saturated heterocycles. The number of nitrogens with one attached hydrogen (secondary N) is 1. The van der Waals surface area contributed by atoms with Crippen LogP contribution in [0.5, 0.6) is 0 Å². The summed E-state index contributed by atoms with van der Waals surface area (Å²) in [5.74, 6) is 0. The molecule has 0 aliphatic carbocycles. The van der Waals surface area contributed by atoms with E-state index in [1.54, 1.807) is 11.3 Å². The molecule has 1 atom stereocenters. The fourth-order valence-electron chi connectivity index (χ4n) is 1.71. The molecule has 0 aromatic carbocycles. The minimum atomic E-state index is 0.284. The molecule has 17 heavy (non-hydrogen) atoms. The molecule has 0 fully saturated rings. The molecule has 94 valence electrons. The Balaban J connectivity index is 2.13. The van der Waals surface area contributed by atoms with Crippen molar-refractivity contribution in [1.82, 2.24) is 14.7 Å². The van der Waals surface area contributed by atoms with Gasteiger partial charge in [0, 0.05) is 24.2 Å². The molecule has 2 heterocycles. The highest BCUT2D eigenvalue weighted by atomic mass is 32.1. The fraction of sp³-hybridized carbons (Fsp3) is 0.615. The second-order valence-corrected chi connectivity index (χ2v) is 6.54. The number of fused-ring (bicyclic) bond motifs is 1. The number of nitrogens with zero attached hydrogens (tertiary/aromatic N) is 2. The van der Waals surface area contributed by atoms with Gasteiger partial charge in [-0.3, -0.25) is 4.40 Å². The van der Waals surface area contributed by atoms with Crippen molar-refractivity contribution < 1.29 is 0 Å². The van der Waals surface area contributed by atoms with E-state index in [4.69, 9.17) is 0 Å². The SMILES string of the molecule is Cc1nc2sccn2c1CNC(C)C(C)(C)C. The van der Waals surface area contributed by atoms with Crippen LogP contribution in [-0.4, -0.2) is 15.4 Å². The summed E-state index contributed by atoms with van der Waals surface area (Å²) in [4.78, 5) is 5.64. The van der Waals surface area contributed by atoms with E-state index in [-0.39, 0.29) is 5.41 Å². The lowest BCUT2D eigenvalue weighted by Gasteiger charge is -2.28. The zero-order valence-corrected chi connectivity index (χ0v) is 12.1. The van der Waals surface area contributed by atoms with Crippen molar-refractivity contribution in [3.63, 3.8) is 0 Å². The molecule has 0 saturated carbocycles. The smallest absolute Gasteiger partial charge is 0.194 e. The maximum Gasteiger partial charge on any atom is 0.194 e. The van der Waals surface area contributed by atoms with E-state index in [2.05, 4.69) is 60.9 Å². The molecular formula is C13H21N3S. The number of imidazole rings is 1. The monoisotopic (exact) mass is 251 g/mol. The Bertz CT molecular complexity index is 504. The van der Waals surface area contributed by atoms with Crippen molar-refractivity contribution >= 4 is 16.3 Å². The van der Waals surface area contributed by atoms with Crippen LogP contribution >= 0.6 is 11.3 Å². The van der Waals surface area contributed by atoms with Gasteiger partial charge in [0.1, 0.15) is 0 Å². The number of aryl methyl sites for hydroxylation is 1. The van der Waals surface area contributed by atoms with Crippen LogP contribution in [0, 0.1) is 12.3 Å². The van der Waals surface area contributed by atoms with Crippen LogP contribution in [0.3, 0.4) is 0 Å². The minimum absolute atomic E-state index is 0.284. The molecular weight excluding hydrogens is 230 g/mol. The van der Waals surface area contributed by atoms with Gasteiger partial charge in [-0.2, -0.15) is 0 Å². The minimum Gasteiger partial charge on any atom is -0.308 e. The molecule has 2 rings (SSSR count). The third kappa shape index (κ3) is 2.53. The van der Waals surface area contributed by atoms with Crippen LogP contribution in [0.1, 0.15) is 39.1 Å². The standard InChI is InChI=1S/C13H21N3S/c1-9-11(8-14-10(2)13(3,4)5)16-6-7-17-12(16)15-9/h6-7,10,14H,8H2,1-5H3. The largest absolute Gasteiger partial charge is 0.308 e. The van der Waals surface area contributed by atoms with Gasteiger partial charge in [0.2, 0.25) is 0 Å². The maximum absolute atomic E-state index is 4.55. The molecule has 2 aromatic heterocycles.